The summed E-state index contributed by atoms with van der Waals surface area (Å²) in [6.07, 6.45) is -3.40. The molecule has 0 saturated heterocycles. The topological polar surface area (TPSA) is 69.7 Å². The Labute approximate surface area is 204 Å². The maximum absolute atomic E-state index is 15.2. The van der Waals surface area contributed by atoms with Crippen molar-refractivity contribution in [1.82, 2.24) is 4.98 Å². The molecule has 34 heavy (non-hydrogen) atoms. The summed E-state index contributed by atoms with van der Waals surface area (Å²) in [6.45, 7) is 3.09. The zero-order chi connectivity index (χ0) is 25.2. The van der Waals surface area contributed by atoms with Gasteiger partial charge in [0.2, 0.25) is 0 Å². The SMILES string of the molecule is COc1cc(OC(F)(F)F)ccc1Oc1cc(Cl)c(C)c(F)c1C(=O)Nc1cc(Br)ncc1C. The van der Waals surface area contributed by atoms with E-state index in [1.807, 2.05) is 0 Å². The second-order valence-corrected chi connectivity index (χ2v) is 8.13. The number of rotatable bonds is 6. The Morgan fingerprint density at radius 2 is 1.82 bits per heavy atom. The fourth-order valence-corrected chi connectivity index (χ4v) is 3.37. The highest BCUT2D eigenvalue weighted by Crippen LogP contribution is 2.40. The molecule has 6 nitrogen and oxygen atoms in total. The van der Waals surface area contributed by atoms with Crippen molar-refractivity contribution in [3.63, 3.8) is 0 Å². The summed E-state index contributed by atoms with van der Waals surface area (Å²) < 4.78 is 67.8. The van der Waals surface area contributed by atoms with E-state index in [4.69, 9.17) is 21.1 Å². The molecule has 1 heterocycles. The Morgan fingerprint density at radius 3 is 2.47 bits per heavy atom. The summed E-state index contributed by atoms with van der Waals surface area (Å²) in [5.41, 5.74) is 0.530. The standard InChI is InChI=1S/C22H16BrClF4N2O4/c1-10-9-29-18(23)8-14(10)30-21(31)19-17(7-13(24)11(2)20(19)25)33-15-5-4-12(6-16(15)32-3)34-22(26,27)28/h4-9H,1-3H3,(H,29,30,31). The summed E-state index contributed by atoms with van der Waals surface area (Å²) in [6, 6.07) is 5.81. The van der Waals surface area contributed by atoms with Crippen molar-refractivity contribution >= 4 is 39.1 Å². The van der Waals surface area contributed by atoms with E-state index in [1.165, 1.54) is 32.4 Å². The maximum Gasteiger partial charge on any atom is 0.573 e. The molecule has 1 N–H and O–H groups in total. The molecule has 12 heteroatoms. The number of amides is 1. The van der Waals surface area contributed by atoms with Gasteiger partial charge in [0.1, 0.15) is 27.5 Å². The van der Waals surface area contributed by atoms with Crippen molar-refractivity contribution in [1.29, 1.82) is 0 Å². The third kappa shape index (κ3) is 5.89. The quantitative estimate of drug-likeness (QED) is 0.254. The second kappa shape index (κ2) is 10.1. The Bertz CT molecular complexity index is 1250. The Hall–Kier alpha value is -3.05. The van der Waals surface area contributed by atoms with Gasteiger partial charge < -0.3 is 19.5 Å². The molecule has 0 aliphatic carbocycles. The second-order valence-electron chi connectivity index (χ2n) is 6.91. The van der Waals surface area contributed by atoms with E-state index in [1.54, 1.807) is 6.92 Å². The number of nitrogens with one attached hydrogen (secondary N) is 1. The van der Waals surface area contributed by atoms with Crippen LogP contribution in [-0.4, -0.2) is 24.4 Å². The van der Waals surface area contributed by atoms with Gasteiger partial charge in [0.05, 0.1) is 12.1 Å². The van der Waals surface area contributed by atoms with Crippen molar-refractivity contribution in [3.8, 4) is 23.0 Å². The number of alkyl halides is 3. The largest absolute Gasteiger partial charge is 0.573 e. The van der Waals surface area contributed by atoms with Gasteiger partial charge in [-0.3, -0.25) is 4.79 Å². The van der Waals surface area contributed by atoms with E-state index in [2.05, 4.69) is 31.0 Å². The zero-order valence-corrected chi connectivity index (χ0v) is 20.2. The minimum atomic E-state index is -4.91. The minimum Gasteiger partial charge on any atom is -0.493 e. The molecule has 3 rings (SSSR count). The minimum absolute atomic E-state index is 0.00712. The van der Waals surface area contributed by atoms with Gasteiger partial charge in [-0.15, -0.1) is 13.2 Å². The van der Waals surface area contributed by atoms with Crippen LogP contribution in [0.15, 0.2) is 41.1 Å². The smallest absolute Gasteiger partial charge is 0.493 e. The highest BCUT2D eigenvalue weighted by Gasteiger charge is 2.31. The number of carbonyl (C=O) groups is 1. The average molecular weight is 564 g/mol. The summed E-state index contributed by atoms with van der Waals surface area (Å²) >= 11 is 9.30. The number of ether oxygens (including phenoxy) is 3. The highest BCUT2D eigenvalue weighted by atomic mass is 79.9. The molecule has 1 amide bonds. The molecule has 180 valence electrons. The molecule has 0 unspecified atom stereocenters. The van der Waals surface area contributed by atoms with Gasteiger partial charge in [-0.2, -0.15) is 0 Å². The van der Waals surface area contributed by atoms with Crippen LogP contribution in [0.4, 0.5) is 23.2 Å². The molecule has 0 saturated carbocycles. The molecule has 0 radical (unpaired) electrons. The summed E-state index contributed by atoms with van der Waals surface area (Å²) in [5.74, 6) is -2.86. The van der Waals surface area contributed by atoms with Gasteiger partial charge in [-0.1, -0.05) is 11.6 Å². The van der Waals surface area contributed by atoms with E-state index >= 15 is 4.39 Å². The molecule has 0 aliphatic heterocycles. The lowest BCUT2D eigenvalue weighted by atomic mass is 10.1. The summed E-state index contributed by atoms with van der Waals surface area (Å²) in [7, 11) is 1.19. The first-order chi connectivity index (χ1) is 15.9. The van der Waals surface area contributed by atoms with Crippen LogP contribution in [0.2, 0.25) is 5.02 Å². The fourth-order valence-electron chi connectivity index (χ4n) is 2.85. The number of carbonyl (C=O) groups excluding carboxylic acids is 1. The Balaban J connectivity index is 2.02. The zero-order valence-electron chi connectivity index (χ0n) is 17.8. The molecule has 0 spiro atoms. The molecule has 0 fully saturated rings. The third-order valence-corrected chi connectivity index (χ3v) is 5.37. The molecule has 0 aliphatic rings. The van der Waals surface area contributed by atoms with Crippen LogP contribution in [0.1, 0.15) is 21.5 Å². The van der Waals surface area contributed by atoms with Gasteiger partial charge in [0.15, 0.2) is 11.5 Å². The van der Waals surface area contributed by atoms with Crippen molar-refractivity contribution in [2.75, 3.05) is 12.4 Å². The maximum atomic E-state index is 15.2. The lowest BCUT2D eigenvalue weighted by Crippen LogP contribution is -2.17. The number of aromatic nitrogens is 1. The fraction of sp³-hybridized carbons (Fsp3) is 0.182. The summed E-state index contributed by atoms with van der Waals surface area (Å²) in [4.78, 5) is 17.1. The van der Waals surface area contributed by atoms with Crippen LogP contribution >= 0.6 is 27.5 Å². The Morgan fingerprint density at radius 1 is 1.12 bits per heavy atom. The van der Waals surface area contributed by atoms with Crippen LogP contribution in [-0.2, 0) is 0 Å². The number of hydrogen-bond donors (Lipinski definition) is 1. The average Bonchev–Trinajstić information content (AvgIpc) is 2.74. The van der Waals surface area contributed by atoms with Crippen molar-refractivity contribution in [2.24, 2.45) is 0 Å². The van der Waals surface area contributed by atoms with Gasteiger partial charge in [0, 0.05) is 29.6 Å². The highest BCUT2D eigenvalue weighted by molar-refractivity contribution is 9.10. The summed E-state index contributed by atoms with van der Waals surface area (Å²) in [5, 5.41) is 2.57. The van der Waals surface area contributed by atoms with Gasteiger partial charge in [-0.25, -0.2) is 9.37 Å². The molecule has 3 aromatic rings. The third-order valence-electron chi connectivity index (χ3n) is 4.54. The first-order valence-electron chi connectivity index (χ1n) is 9.43. The van der Waals surface area contributed by atoms with Crippen LogP contribution in [0, 0.1) is 19.7 Å². The lowest BCUT2D eigenvalue weighted by molar-refractivity contribution is -0.274. The van der Waals surface area contributed by atoms with Crippen molar-refractivity contribution in [3.05, 3.63) is 68.7 Å². The monoisotopic (exact) mass is 562 g/mol. The van der Waals surface area contributed by atoms with E-state index in [9.17, 15) is 18.0 Å². The van der Waals surface area contributed by atoms with Crippen LogP contribution in [0.3, 0.4) is 0 Å². The number of methoxy groups -OCH3 is 1. The number of benzene rings is 2. The van der Waals surface area contributed by atoms with Gasteiger partial charge in [0.25, 0.3) is 5.91 Å². The first-order valence-corrected chi connectivity index (χ1v) is 10.6. The van der Waals surface area contributed by atoms with Crippen LogP contribution < -0.4 is 19.5 Å². The molecular weight excluding hydrogens is 548 g/mol. The van der Waals surface area contributed by atoms with Crippen LogP contribution in [0.25, 0.3) is 0 Å². The normalized spacial score (nSPS) is 11.2. The van der Waals surface area contributed by atoms with Gasteiger partial charge >= 0.3 is 6.36 Å². The molecule has 2 aromatic carbocycles. The number of pyridine rings is 1. The predicted octanol–water partition coefficient (Wildman–Crippen LogP) is 7.21. The first kappa shape index (κ1) is 25.6. The number of nitrogens with zero attached hydrogens (tertiary/aromatic N) is 1. The van der Waals surface area contributed by atoms with Crippen molar-refractivity contribution in [2.45, 2.75) is 20.2 Å². The molecule has 1 aromatic heterocycles. The number of anilines is 1. The Kier molecular flexibility index (Phi) is 7.57. The van der Waals surface area contributed by atoms with E-state index in [-0.39, 0.29) is 27.8 Å². The number of halogens is 6. The van der Waals surface area contributed by atoms with Gasteiger partial charge in [-0.05, 0) is 53.5 Å². The van der Waals surface area contributed by atoms with E-state index in [0.29, 0.717) is 15.9 Å². The number of hydrogen-bond acceptors (Lipinski definition) is 5. The number of aryl methyl sites for hydroxylation is 1. The van der Waals surface area contributed by atoms with E-state index < -0.39 is 29.4 Å². The molecule has 0 bridgehead atoms. The lowest BCUT2D eigenvalue weighted by Gasteiger charge is -2.17. The molecular formula is C22H16BrClF4N2O4. The van der Waals surface area contributed by atoms with E-state index in [0.717, 1.165) is 18.2 Å². The van der Waals surface area contributed by atoms with Crippen LogP contribution in [0.5, 0.6) is 23.0 Å². The predicted molar refractivity (Wildman–Crippen MR) is 121 cm³/mol. The molecule has 0 atom stereocenters. The van der Waals surface area contributed by atoms with Crippen molar-refractivity contribution < 1.29 is 36.6 Å².